The monoisotopic (exact) mass is 236 g/mol. The highest BCUT2D eigenvalue weighted by molar-refractivity contribution is 7.12. The van der Waals surface area contributed by atoms with Gasteiger partial charge in [0.2, 0.25) is 0 Å². The van der Waals surface area contributed by atoms with E-state index < -0.39 is 0 Å². The molecule has 0 amide bonds. The molecule has 0 bridgehead atoms. The number of hydrogen-bond donors (Lipinski definition) is 0. The second-order valence-corrected chi connectivity index (χ2v) is 6.41. The molecule has 2 rings (SSSR count). The lowest BCUT2D eigenvalue weighted by atomic mass is 9.99. The lowest BCUT2D eigenvalue weighted by Crippen LogP contribution is -2.07. The van der Waals surface area contributed by atoms with E-state index in [0.717, 1.165) is 11.5 Å². The molecule has 0 atom stereocenters. The summed E-state index contributed by atoms with van der Waals surface area (Å²) in [5.41, 5.74) is 0.974. The molecule has 0 N–H and O–H groups in total. The van der Waals surface area contributed by atoms with Gasteiger partial charge in [0.05, 0.1) is 0 Å². The van der Waals surface area contributed by atoms with E-state index >= 15 is 0 Å². The Balaban J connectivity index is 2.24. The summed E-state index contributed by atoms with van der Waals surface area (Å²) >= 11 is 1.84. The number of carbonyl (C=O) groups is 1. The highest BCUT2D eigenvalue weighted by atomic mass is 32.1. The number of thiophene rings is 1. The summed E-state index contributed by atoms with van der Waals surface area (Å²) in [6.45, 7) is 6.04. The largest absolute Gasteiger partial charge is 0.294 e. The van der Waals surface area contributed by atoms with Crippen molar-refractivity contribution in [1.82, 2.24) is 0 Å². The number of ketones is 1. The molecule has 0 unspecified atom stereocenters. The number of hydrogen-bond acceptors (Lipinski definition) is 2. The molecule has 2 heteroatoms. The fourth-order valence-electron chi connectivity index (χ4n) is 2.47. The molecule has 0 spiro atoms. The quantitative estimate of drug-likeness (QED) is 0.703. The lowest BCUT2D eigenvalue weighted by molar-refractivity contribution is 0.0939. The van der Waals surface area contributed by atoms with Crippen LogP contribution in [-0.2, 0) is 0 Å². The van der Waals surface area contributed by atoms with E-state index in [2.05, 4.69) is 13.0 Å². The lowest BCUT2D eigenvalue weighted by Gasteiger charge is -2.04. The Morgan fingerprint density at radius 2 is 2.00 bits per heavy atom. The first-order chi connectivity index (χ1) is 7.59. The molecule has 0 radical (unpaired) electrons. The molecule has 1 aliphatic carbocycles. The zero-order valence-corrected chi connectivity index (χ0v) is 11.2. The number of carbonyl (C=O) groups excluding carboxylic acids is 1. The Hall–Kier alpha value is -0.630. The van der Waals surface area contributed by atoms with Gasteiger partial charge in [-0.25, -0.2) is 0 Å². The highest BCUT2D eigenvalue weighted by Crippen LogP contribution is 2.39. The molecule has 1 aromatic rings. The van der Waals surface area contributed by atoms with Crippen molar-refractivity contribution < 1.29 is 4.79 Å². The minimum atomic E-state index is 0.115. The molecular weight excluding hydrogens is 216 g/mol. The topological polar surface area (TPSA) is 17.1 Å². The molecule has 16 heavy (non-hydrogen) atoms. The predicted octanol–water partition coefficient (Wildman–Crippen LogP) is 4.55. The Morgan fingerprint density at radius 3 is 2.56 bits per heavy atom. The third-order valence-electron chi connectivity index (χ3n) is 3.48. The number of rotatable bonds is 3. The van der Waals surface area contributed by atoms with Gasteiger partial charge in [-0.3, -0.25) is 4.79 Å². The van der Waals surface area contributed by atoms with Crippen LogP contribution in [0.25, 0.3) is 0 Å². The second kappa shape index (κ2) is 4.70. The van der Waals surface area contributed by atoms with E-state index in [9.17, 15) is 4.79 Å². The average Bonchev–Trinajstić information content (AvgIpc) is 2.84. The van der Waals surface area contributed by atoms with Crippen molar-refractivity contribution in [3.05, 3.63) is 21.4 Å². The van der Waals surface area contributed by atoms with E-state index in [4.69, 9.17) is 0 Å². The molecule has 88 valence electrons. The van der Waals surface area contributed by atoms with Gasteiger partial charge in [0.25, 0.3) is 0 Å². The van der Waals surface area contributed by atoms with Crippen LogP contribution in [0.3, 0.4) is 0 Å². The second-order valence-electron chi connectivity index (χ2n) is 5.12. The van der Waals surface area contributed by atoms with Crippen LogP contribution in [0, 0.1) is 12.8 Å². The van der Waals surface area contributed by atoms with Crippen LogP contribution in [0.1, 0.15) is 65.6 Å². The molecule has 1 saturated carbocycles. The van der Waals surface area contributed by atoms with Crippen molar-refractivity contribution in [2.45, 2.75) is 52.4 Å². The van der Waals surface area contributed by atoms with E-state index in [1.165, 1.54) is 35.4 Å². The Morgan fingerprint density at radius 1 is 1.38 bits per heavy atom. The van der Waals surface area contributed by atoms with Crippen molar-refractivity contribution in [3.8, 4) is 0 Å². The van der Waals surface area contributed by atoms with Crippen molar-refractivity contribution in [3.63, 3.8) is 0 Å². The third kappa shape index (κ3) is 2.22. The summed E-state index contributed by atoms with van der Waals surface area (Å²) in [6.07, 6.45) is 5.34. The molecule has 0 aromatic carbocycles. The fourth-order valence-corrected chi connectivity index (χ4v) is 3.67. The maximum Gasteiger partial charge on any atom is 0.166 e. The summed E-state index contributed by atoms with van der Waals surface area (Å²) in [7, 11) is 0. The van der Waals surface area contributed by atoms with Crippen molar-refractivity contribution in [2.24, 2.45) is 5.92 Å². The van der Waals surface area contributed by atoms with Crippen LogP contribution in [0.4, 0.5) is 0 Å². The van der Waals surface area contributed by atoms with Crippen molar-refractivity contribution in [1.29, 1.82) is 0 Å². The first-order valence-corrected chi connectivity index (χ1v) is 7.05. The Kier molecular flexibility index (Phi) is 3.48. The summed E-state index contributed by atoms with van der Waals surface area (Å²) < 4.78 is 0. The average molecular weight is 236 g/mol. The number of Topliss-reactive ketones (excluding diaryl/α,β-unsaturated/α-hetero) is 1. The maximum atomic E-state index is 12.0. The van der Waals surface area contributed by atoms with Gasteiger partial charge in [-0.05, 0) is 31.7 Å². The Bertz CT molecular complexity index is 383. The summed E-state index contributed by atoms with van der Waals surface area (Å²) in [5, 5.41) is 0. The van der Waals surface area contributed by atoms with Gasteiger partial charge < -0.3 is 0 Å². The summed E-state index contributed by atoms with van der Waals surface area (Å²) in [5.74, 6) is 1.15. The van der Waals surface area contributed by atoms with Crippen LogP contribution >= 0.6 is 11.3 Å². The van der Waals surface area contributed by atoms with E-state index in [1.54, 1.807) is 0 Å². The summed E-state index contributed by atoms with van der Waals surface area (Å²) in [4.78, 5) is 14.7. The minimum absolute atomic E-state index is 0.115. The molecular formula is C14H20OS. The van der Waals surface area contributed by atoms with Gasteiger partial charge in [-0.1, -0.05) is 26.7 Å². The molecule has 1 aliphatic rings. The number of aryl methyl sites for hydroxylation is 1. The predicted molar refractivity (Wildman–Crippen MR) is 69.4 cm³/mol. The molecule has 0 saturated heterocycles. The van der Waals surface area contributed by atoms with Gasteiger partial charge in [-0.15, -0.1) is 11.3 Å². The first-order valence-electron chi connectivity index (χ1n) is 6.24. The molecule has 0 aliphatic heterocycles. The van der Waals surface area contributed by atoms with Crippen LogP contribution in [0.5, 0.6) is 0 Å². The SMILES string of the molecule is Cc1sc(C2CCCC2)cc1C(=O)C(C)C. The fraction of sp³-hybridized carbons (Fsp3) is 0.643. The Labute approximate surface area is 102 Å². The minimum Gasteiger partial charge on any atom is -0.294 e. The molecule has 1 fully saturated rings. The smallest absolute Gasteiger partial charge is 0.166 e. The van der Waals surface area contributed by atoms with Gasteiger partial charge in [0, 0.05) is 21.2 Å². The molecule has 1 heterocycles. The van der Waals surface area contributed by atoms with Gasteiger partial charge in [-0.2, -0.15) is 0 Å². The van der Waals surface area contributed by atoms with Crippen LogP contribution < -0.4 is 0 Å². The normalized spacial score (nSPS) is 17.2. The van der Waals surface area contributed by atoms with Crippen molar-refractivity contribution >= 4 is 17.1 Å². The first kappa shape index (κ1) is 11.8. The highest BCUT2D eigenvalue weighted by Gasteiger charge is 2.22. The van der Waals surface area contributed by atoms with Gasteiger partial charge >= 0.3 is 0 Å². The van der Waals surface area contributed by atoms with E-state index in [1.807, 2.05) is 25.2 Å². The zero-order valence-electron chi connectivity index (χ0n) is 10.4. The van der Waals surface area contributed by atoms with Crippen LogP contribution in [-0.4, -0.2) is 5.78 Å². The van der Waals surface area contributed by atoms with Crippen molar-refractivity contribution in [2.75, 3.05) is 0 Å². The molecule has 1 aromatic heterocycles. The van der Waals surface area contributed by atoms with E-state index in [-0.39, 0.29) is 5.92 Å². The zero-order chi connectivity index (χ0) is 11.7. The maximum absolute atomic E-state index is 12.0. The standard InChI is InChI=1S/C14H20OS/c1-9(2)14(15)12-8-13(16-10(12)3)11-6-4-5-7-11/h8-9,11H,4-7H2,1-3H3. The molecule has 1 nitrogen and oxygen atoms in total. The van der Waals surface area contributed by atoms with Crippen LogP contribution in [0.15, 0.2) is 6.07 Å². The van der Waals surface area contributed by atoms with Gasteiger partial charge in [0.1, 0.15) is 0 Å². The van der Waals surface area contributed by atoms with E-state index in [0.29, 0.717) is 5.78 Å². The van der Waals surface area contributed by atoms with Crippen LogP contribution in [0.2, 0.25) is 0 Å². The third-order valence-corrected chi connectivity index (χ3v) is 4.70. The summed E-state index contributed by atoms with van der Waals surface area (Å²) in [6, 6.07) is 2.16. The van der Waals surface area contributed by atoms with Gasteiger partial charge in [0.15, 0.2) is 5.78 Å².